The lowest BCUT2D eigenvalue weighted by atomic mass is 9.85. The third-order valence-corrected chi connectivity index (χ3v) is 9.11. The second-order valence-electron chi connectivity index (χ2n) is 8.29. The molecule has 1 N–H and O–H groups in total. The number of esters is 1. The number of β-lactam (4-membered cyclic amide) rings is 1. The summed E-state index contributed by atoms with van der Waals surface area (Å²) < 4.78 is 4.73. The van der Waals surface area contributed by atoms with E-state index in [2.05, 4.69) is 22.5 Å². The number of aliphatic hydroxyl groups is 1. The predicted octanol–water partition coefficient (Wildman–Crippen LogP) is 2.65. The van der Waals surface area contributed by atoms with E-state index in [0.29, 0.717) is 5.69 Å². The number of thioether (sulfide) groups is 1. The predicted molar refractivity (Wildman–Crippen MR) is 122 cm³/mol. The summed E-state index contributed by atoms with van der Waals surface area (Å²) in [6.07, 6.45) is -0.154. The molecule has 1 unspecified atom stereocenters. The van der Waals surface area contributed by atoms with Gasteiger partial charge in [-0.25, -0.2) is 4.79 Å². The Hall–Kier alpha value is -2.10. The van der Waals surface area contributed by atoms with Crippen LogP contribution in [0.25, 0.3) is 10.9 Å². The highest BCUT2D eigenvalue weighted by Crippen LogP contribution is 2.59. The second kappa shape index (κ2) is 7.50. The lowest BCUT2D eigenvalue weighted by Gasteiger charge is -2.51. The number of ether oxygens (including phenoxy) is 1. The number of fused-ring (bicyclic) bond motifs is 2. The van der Waals surface area contributed by atoms with E-state index in [1.165, 1.54) is 22.7 Å². The number of alkyl halides is 1. The average Bonchev–Trinajstić information content (AvgIpc) is 3.22. The van der Waals surface area contributed by atoms with E-state index in [-0.39, 0.29) is 6.61 Å². The first-order valence-corrected chi connectivity index (χ1v) is 11.5. The molecule has 31 heavy (non-hydrogen) atoms. The number of aryl methyl sites for hydroxylation is 1. The third kappa shape index (κ3) is 3.08. The second-order valence-corrected chi connectivity index (χ2v) is 11.3. The molecule has 4 atom stereocenters. The summed E-state index contributed by atoms with van der Waals surface area (Å²) in [6, 6.07) is 8.39. The van der Waals surface area contributed by atoms with Crippen molar-refractivity contribution < 1.29 is 24.2 Å². The molecule has 2 aromatic rings. The number of amides is 1. The summed E-state index contributed by atoms with van der Waals surface area (Å²) in [5.74, 6) is -1.59. The Kier molecular flexibility index (Phi) is 5.34. The fourth-order valence-corrected chi connectivity index (χ4v) is 6.91. The SMILES string of the molecule is C=CCOC(=O)[C@@H]1N2C(=O)[C@@](Br)(C(O)C(=O)c3cc4ccccc4n3C)[C@H]2SC1(C)C. The first-order valence-electron chi connectivity index (χ1n) is 9.79. The van der Waals surface area contributed by atoms with E-state index in [1.807, 2.05) is 38.1 Å². The van der Waals surface area contributed by atoms with Gasteiger partial charge in [-0.2, -0.15) is 0 Å². The topological polar surface area (TPSA) is 88.8 Å². The van der Waals surface area contributed by atoms with Crippen LogP contribution in [0.1, 0.15) is 24.3 Å². The minimum Gasteiger partial charge on any atom is -0.460 e. The molecule has 1 amide bonds. The van der Waals surface area contributed by atoms with Crippen molar-refractivity contribution in [3.05, 3.63) is 48.7 Å². The van der Waals surface area contributed by atoms with Gasteiger partial charge < -0.3 is 19.3 Å². The zero-order chi connectivity index (χ0) is 22.7. The van der Waals surface area contributed by atoms with Gasteiger partial charge in [-0.15, -0.1) is 11.8 Å². The molecule has 164 valence electrons. The standard InChI is InChI=1S/C22H23BrN2O5S/c1-5-10-30-18(28)16-21(2,3)31-20-22(23,19(29)25(16)20)17(27)15(26)14-11-12-8-6-7-9-13(12)24(14)4/h5-9,11,16-17,20,27H,1,10H2,2-4H3/t16-,17?,20+,22-/m0/s1. The molecule has 2 aliphatic rings. The van der Waals surface area contributed by atoms with Crippen molar-refractivity contribution in [2.45, 2.75) is 40.4 Å². The van der Waals surface area contributed by atoms with E-state index in [9.17, 15) is 19.5 Å². The van der Waals surface area contributed by atoms with Crippen LogP contribution >= 0.6 is 27.7 Å². The zero-order valence-corrected chi connectivity index (χ0v) is 19.8. The molecule has 0 saturated carbocycles. The van der Waals surface area contributed by atoms with Crippen LogP contribution < -0.4 is 0 Å². The van der Waals surface area contributed by atoms with E-state index in [4.69, 9.17) is 4.74 Å². The number of aliphatic hydroxyl groups excluding tert-OH is 1. The van der Waals surface area contributed by atoms with Crippen LogP contribution in [-0.2, 0) is 21.4 Å². The Morgan fingerprint density at radius 3 is 2.71 bits per heavy atom. The molecule has 9 heteroatoms. The summed E-state index contributed by atoms with van der Waals surface area (Å²) in [5.41, 5.74) is 1.16. The van der Waals surface area contributed by atoms with Crippen molar-refractivity contribution in [1.82, 2.24) is 9.47 Å². The van der Waals surface area contributed by atoms with Crippen molar-refractivity contribution in [2.24, 2.45) is 7.05 Å². The van der Waals surface area contributed by atoms with Gasteiger partial charge in [-0.3, -0.25) is 9.59 Å². The minimum absolute atomic E-state index is 0.0460. The Morgan fingerprint density at radius 2 is 2.06 bits per heavy atom. The Balaban J connectivity index is 1.64. The van der Waals surface area contributed by atoms with Crippen LogP contribution in [0.5, 0.6) is 0 Å². The fourth-order valence-electron chi connectivity index (χ4n) is 4.35. The summed E-state index contributed by atoms with van der Waals surface area (Å²) in [5, 5.41) is 11.3. The van der Waals surface area contributed by atoms with E-state index in [1.54, 1.807) is 17.7 Å². The maximum atomic E-state index is 13.2. The Labute approximate surface area is 192 Å². The van der Waals surface area contributed by atoms with Gasteiger partial charge in [0, 0.05) is 22.7 Å². The number of nitrogens with zero attached hydrogens (tertiary/aromatic N) is 2. The number of carbonyl (C=O) groups excluding carboxylic acids is 3. The molecule has 0 radical (unpaired) electrons. The highest BCUT2D eigenvalue weighted by molar-refractivity contribution is 9.10. The molecular weight excluding hydrogens is 484 g/mol. The average molecular weight is 507 g/mol. The van der Waals surface area contributed by atoms with Gasteiger partial charge in [-0.1, -0.05) is 46.8 Å². The molecule has 2 fully saturated rings. The third-order valence-electron chi connectivity index (χ3n) is 5.94. The van der Waals surface area contributed by atoms with Crippen LogP contribution in [0.4, 0.5) is 0 Å². The first-order chi connectivity index (χ1) is 14.6. The smallest absolute Gasteiger partial charge is 0.330 e. The fraction of sp³-hybridized carbons (Fsp3) is 0.409. The van der Waals surface area contributed by atoms with Crippen LogP contribution in [0.3, 0.4) is 0 Å². The molecule has 1 aromatic carbocycles. The molecule has 2 saturated heterocycles. The number of hydrogen-bond donors (Lipinski definition) is 1. The number of ketones is 1. The van der Waals surface area contributed by atoms with Gasteiger partial charge in [-0.05, 0) is 26.0 Å². The number of aromatic nitrogens is 1. The molecule has 0 spiro atoms. The Morgan fingerprint density at radius 1 is 1.39 bits per heavy atom. The van der Waals surface area contributed by atoms with E-state index in [0.717, 1.165) is 10.9 Å². The quantitative estimate of drug-likeness (QED) is 0.213. The van der Waals surface area contributed by atoms with Gasteiger partial charge in [0.2, 0.25) is 11.7 Å². The molecule has 3 heterocycles. The van der Waals surface area contributed by atoms with Crippen LogP contribution in [0, 0.1) is 0 Å². The number of Topliss-reactive ketones (excluding diaryl/α,β-unsaturated/α-hetero) is 1. The highest BCUT2D eigenvalue weighted by atomic mass is 79.9. The van der Waals surface area contributed by atoms with Crippen molar-refractivity contribution in [2.75, 3.05) is 6.61 Å². The number of hydrogen-bond acceptors (Lipinski definition) is 6. The van der Waals surface area contributed by atoms with Gasteiger partial charge in [0.1, 0.15) is 24.1 Å². The zero-order valence-electron chi connectivity index (χ0n) is 17.4. The maximum Gasteiger partial charge on any atom is 0.330 e. The summed E-state index contributed by atoms with van der Waals surface area (Å²) in [6.45, 7) is 7.26. The summed E-state index contributed by atoms with van der Waals surface area (Å²) >= 11 is 4.75. The van der Waals surface area contributed by atoms with Gasteiger partial charge in [0.15, 0.2) is 4.32 Å². The normalized spacial score (nSPS) is 27.5. The summed E-state index contributed by atoms with van der Waals surface area (Å²) in [4.78, 5) is 40.5. The molecule has 2 aliphatic heterocycles. The van der Waals surface area contributed by atoms with Gasteiger partial charge in [0.25, 0.3) is 0 Å². The molecule has 0 bridgehead atoms. The number of benzene rings is 1. The minimum atomic E-state index is -1.62. The molecule has 7 nitrogen and oxygen atoms in total. The Bertz CT molecular complexity index is 1110. The number of rotatable bonds is 6. The van der Waals surface area contributed by atoms with Crippen molar-refractivity contribution in [1.29, 1.82) is 0 Å². The lowest BCUT2D eigenvalue weighted by molar-refractivity contribution is -0.166. The molecule has 1 aromatic heterocycles. The van der Waals surface area contributed by atoms with Crippen molar-refractivity contribution >= 4 is 56.3 Å². The molecular formula is C22H23BrN2O5S. The lowest BCUT2D eigenvalue weighted by Crippen LogP contribution is -2.75. The monoisotopic (exact) mass is 506 g/mol. The van der Waals surface area contributed by atoms with Crippen LogP contribution in [0.2, 0.25) is 0 Å². The number of halogens is 1. The van der Waals surface area contributed by atoms with Crippen molar-refractivity contribution in [3.8, 4) is 0 Å². The van der Waals surface area contributed by atoms with E-state index >= 15 is 0 Å². The molecule has 0 aliphatic carbocycles. The van der Waals surface area contributed by atoms with E-state index < -0.39 is 44.3 Å². The first kappa shape index (κ1) is 22.1. The largest absolute Gasteiger partial charge is 0.460 e. The summed E-state index contributed by atoms with van der Waals surface area (Å²) in [7, 11) is 1.75. The van der Waals surface area contributed by atoms with Gasteiger partial charge >= 0.3 is 5.97 Å². The highest BCUT2D eigenvalue weighted by Gasteiger charge is 2.74. The number of para-hydroxylation sites is 1. The van der Waals surface area contributed by atoms with Crippen LogP contribution in [0.15, 0.2) is 43.0 Å². The molecule has 4 rings (SSSR count). The van der Waals surface area contributed by atoms with Crippen molar-refractivity contribution in [3.63, 3.8) is 0 Å². The number of carbonyl (C=O) groups is 3. The van der Waals surface area contributed by atoms with Crippen LogP contribution in [-0.4, -0.2) is 65.4 Å². The maximum absolute atomic E-state index is 13.2. The van der Waals surface area contributed by atoms with Gasteiger partial charge in [0.05, 0.1) is 5.69 Å².